The van der Waals surface area contributed by atoms with Crippen LogP contribution in [-0.2, 0) is 28.5 Å². The summed E-state index contributed by atoms with van der Waals surface area (Å²) in [6.45, 7) is 6.51. The molecule has 1 fully saturated rings. The molecule has 98 valence electrons. The number of rotatable bonds is 2. The van der Waals surface area contributed by atoms with Gasteiger partial charge in [0.15, 0.2) is 0 Å². The molecule has 0 unspecified atom stereocenters. The van der Waals surface area contributed by atoms with Crippen molar-refractivity contribution in [3.63, 3.8) is 0 Å². The Morgan fingerprint density at radius 3 is 2.29 bits per heavy atom. The Balaban J connectivity index is 2.29. The molecular weight excluding hydrogens is 228 g/mol. The molecule has 0 aromatic rings. The Morgan fingerprint density at radius 2 is 1.76 bits per heavy atom. The third-order valence-electron chi connectivity index (χ3n) is 1.85. The van der Waals surface area contributed by atoms with Crippen molar-refractivity contribution in [3.8, 4) is 0 Å². The second-order valence-corrected chi connectivity index (χ2v) is 5.02. The summed E-state index contributed by atoms with van der Waals surface area (Å²) in [7, 11) is 0. The van der Waals surface area contributed by atoms with Crippen LogP contribution in [0.15, 0.2) is 0 Å². The summed E-state index contributed by atoms with van der Waals surface area (Å²) in [5.41, 5.74) is -0.187. The predicted molar refractivity (Wildman–Crippen MR) is 57.1 cm³/mol. The van der Waals surface area contributed by atoms with Crippen molar-refractivity contribution in [2.75, 3.05) is 26.6 Å². The van der Waals surface area contributed by atoms with E-state index in [1.165, 1.54) is 0 Å². The fourth-order valence-corrected chi connectivity index (χ4v) is 1.07. The molecule has 0 radical (unpaired) electrons. The van der Waals surface area contributed by atoms with Crippen LogP contribution in [0.2, 0.25) is 0 Å². The van der Waals surface area contributed by atoms with Gasteiger partial charge in [-0.25, -0.2) is 9.59 Å². The minimum Gasteiger partial charge on any atom is -0.457 e. The summed E-state index contributed by atoms with van der Waals surface area (Å²) in [4.78, 5) is 22.6. The lowest BCUT2D eigenvalue weighted by molar-refractivity contribution is -0.191. The first-order chi connectivity index (χ1) is 7.88. The summed E-state index contributed by atoms with van der Waals surface area (Å²) in [6, 6.07) is 0. The highest BCUT2D eigenvalue weighted by molar-refractivity contribution is 6.29. The summed E-state index contributed by atoms with van der Waals surface area (Å²) in [6.07, 6.45) is -0.543. The van der Waals surface area contributed by atoms with E-state index in [4.69, 9.17) is 18.9 Å². The van der Waals surface area contributed by atoms with Crippen LogP contribution >= 0.6 is 0 Å². The lowest BCUT2D eigenvalue weighted by atomic mass is 9.99. The summed E-state index contributed by atoms with van der Waals surface area (Å²) in [5.74, 6) is -1.99. The summed E-state index contributed by atoms with van der Waals surface area (Å²) >= 11 is 0. The van der Waals surface area contributed by atoms with Crippen LogP contribution in [0.25, 0.3) is 0 Å². The number of carbonyl (C=O) groups excluding carboxylic acids is 2. The van der Waals surface area contributed by atoms with Gasteiger partial charge in [-0.15, -0.1) is 0 Å². The van der Waals surface area contributed by atoms with Gasteiger partial charge in [0.05, 0.1) is 19.8 Å². The maximum Gasteiger partial charge on any atom is 0.417 e. The van der Waals surface area contributed by atoms with Crippen LogP contribution in [-0.4, -0.2) is 44.7 Å². The smallest absolute Gasteiger partial charge is 0.417 e. The fraction of sp³-hybridized carbons (Fsp3) is 0.818. The van der Waals surface area contributed by atoms with Crippen molar-refractivity contribution in [2.24, 2.45) is 5.41 Å². The second kappa shape index (κ2) is 5.97. The van der Waals surface area contributed by atoms with Crippen molar-refractivity contribution >= 4 is 11.9 Å². The predicted octanol–water partition coefficient (Wildman–Crippen LogP) is 0.492. The maximum absolute atomic E-state index is 11.3. The summed E-state index contributed by atoms with van der Waals surface area (Å²) < 4.78 is 19.5. The second-order valence-electron chi connectivity index (χ2n) is 5.02. The molecule has 0 aromatic carbocycles. The zero-order chi connectivity index (χ0) is 12.9. The zero-order valence-electron chi connectivity index (χ0n) is 10.4. The first-order valence-electron chi connectivity index (χ1n) is 5.42. The van der Waals surface area contributed by atoms with E-state index in [0.29, 0.717) is 0 Å². The van der Waals surface area contributed by atoms with E-state index in [9.17, 15) is 9.59 Å². The van der Waals surface area contributed by atoms with Gasteiger partial charge in [0.1, 0.15) is 12.9 Å². The van der Waals surface area contributed by atoms with E-state index < -0.39 is 18.0 Å². The van der Waals surface area contributed by atoms with Gasteiger partial charge >= 0.3 is 11.9 Å². The van der Waals surface area contributed by atoms with E-state index in [1.54, 1.807) is 0 Å². The van der Waals surface area contributed by atoms with E-state index >= 15 is 0 Å². The van der Waals surface area contributed by atoms with E-state index in [1.807, 2.05) is 20.8 Å². The number of carbonyl (C=O) groups is 2. The van der Waals surface area contributed by atoms with Crippen LogP contribution in [0.4, 0.5) is 0 Å². The molecule has 17 heavy (non-hydrogen) atoms. The van der Waals surface area contributed by atoms with Crippen LogP contribution < -0.4 is 0 Å². The molecule has 1 aliphatic heterocycles. The van der Waals surface area contributed by atoms with Crippen molar-refractivity contribution in [1.29, 1.82) is 0 Å². The monoisotopic (exact) mass is 246 g/mol. The first kappa shape index (κ1) is 13.9. The molecule has 0 amide bonds. The van der Waals surface area contributed by atoms with Gasteiger partial charge in [-0.1, -0.05) is 20.8 Å². The quantitative estimate of drug-likeness (QED) is 0.521. The highest BCUT2D eigenvalue weighted by atomic mass is 16.7. The number of hydrogen-bond donors (Lipinski definition) is 0. The van der Waals surface area contributed by atoms with Gasteiger partial charge in [0, 0.05) is 0 Å². The van der Waals surface area contributed by atoms with Crippen molar-refractivity contribution in [1.82, 2.24) is 0 Å². The minimum atomic E-state index is -1.01. The molecule has 0 N–H and O–H groups in total. The molecule has 1 aliphatic rings. The number of esters is 2. The minimum absolute atomic E-state index is 0.165. The Hall–Kier alpha value is -1.14. The molecule has 0 saturated carbocycles. The van der Waals surface area contributed by atoms with E-state index in [2.05, 4.69) is 0 Å². The third-order valence-corrected chi connectivity index (χ3v) is 1.85. The summed E-state index contributed by atoms with van der Waals surface area (Å²) in [5, 5.41) is 0. The fourth-order valence-electron chi connectivity index (χ4n) is 1.07. The third kappa shape index (κ3) is 5.65. The first-order valence-corrected chi connectivity index (χ1v) is 5.42. The van der Waals surface area contributed by atoms with Crippen LogP contribution in [0.5, 0.6) is 0 Å². The lowest BCUT2D eigenvalue weighted by Crippen LogP contribution is -2.36. The van der Waals surface area contributed by atoms with Gasteiger partial charge in [-0.05, 0) is 5.41 Å². The van der Waals surface area contributed by atoms with Crippen LogP contribution in [0.3, 0.4) is 0 Å². The largest absolute Gasteiger partial charge is 0.457 e. The molecule has 0 atom stereocenters. The highest BCUT2D eigenvalue weighted by Gasteiger charge is 2.26. The van der Waals surface area contributed by atoms with Crippen LogP contribution in [0, 0.1) is 5.41 Å². The van der Waals surface area contributed by atoms with E-state index in [0.717, 1.165) is 0 Å². The molecule has 6 nitrogen and oxygen atoms in total. The van der Waals surface area contributed by atoms with Gasteiger partial charge in [-0.3, -0.25) is 0 Å². The zero-order valence-corrected chi connectivity index (χ0v) is 10.4. The standard InChI is InChI=1S/C11H18O6/c1-11(2,3)6-16-9(12)10(13)17-8-4-14-7-15-5-8/h8H,4-7H2,1-3H3. The molecule has 1 rings (SSSR count). The molecule has 0 bridgehead atoms. The van der Waals surface area contributed by atoms with Crippen molar-refractivity contribution in [2.45, 2.75) is 26.9 Å². The Kier molecular flexibility index (Phi) is 4.89. The topological polar surface area (TPSA) is 71.1 Å². The average molecular weight is 246 g/mol. The van der Waals surface area contributed by atoms with Gasteiger partial charge in [0.2, 0.25) is 0 Å². The number of hydrogen-bond acceptors (Lipinski definition) is 6. The van der Waals surface area contributed by atoms with Crippen molar-refractivity contribution in [3.05, 3.63) is 0 Å². The number of ether oxygens (including phenoxy) is 4. The molecule has 6 heteroatoms. The SMILES string of the molecule is CC(C)(C)COC(=O)C(=O)OC1COCOC1. The molecule has 0 aliphatic carbocycles. The maximum atomic E-state index is 11.3. The molecule has 0 aromatic heterocycles. The molecule has 1 heterocycles. The van der Waals surface area contributed by atoms with Crippen LogP contribution in [0.1, 0.15) is 20.8 Å². The Morgan fingerprint density at radius 1 is 1.18 bits per heavy atom. The molecule has 1 saturated heterocycles. The van der Waals surface area contributed by atoms with Gasteiger partial charge in [0.25, 0.3) is 0 Å². The Labute approximate surface area is 100 Å². The van der Waals surface area contributed by atoms with Gasteiger partial charge in [-0.2, -0.15) is 0 Å². The highest BCUT2D eigenvalue weighted by Crippen LogP contribution is 2.13. The van der Waals surface area contributed by atoms with E-state index in [-0.39, 0.29) is 32.0 Å². The average Bonchev–Trinajstić information content (AvgIpc) is 2.26. The molecule has 0 spiro atoms. The Bertz CT molecular complexity index is 274. The normalized spacial score (nSPS) is 17.6. The van der Waals surface area contributed by atoms with Gasteiger partial charge < -0.3 is 18.9 Å². The lowest BCUT2D eigenvalue weighted by Gasteiger charge is -2.22. The van der Waals surface area contributed by atoms with Crippen molar-refractivity contribution < 1.29 is 28.5 Å². The molecular formula is C11H18O6.